The van der Waals surface area contributed by atoms with Crippen LogP contribution in [0.15, 0.2) is 41.2 Å². The van der Waals surface area contributed by atoms with E-state index in [1.807, 2.05) is 18.2 Å². The van der Waals surface area contributed by atoms with Gasteiger partial charge in [-0.15, -0.1) is 0 Å². The molecular formula is C14H14N2O2. The first-order valence-electron chi connectivity index (χ1n) is 5.95. The average Bonchev–Trinajstić information content (AvgIpc) is 2.98. The van der Waals surface area contributed by atoms with Gasteiger partial charge in [-0.05, 0) is 42.2 Å². The van der Waals surface area contributed by atoms with Crippen LogP contribution in [0.2, 0.25) is 0 Å². The molecule has 92 valence electrons. The molecule has 0 saturated carbocycles. The van der Waals surface area contributed by atoms with Crippen LogP contribution in [-0.4, -0.2) is 5.91 Å². The monoisotopic (exact) mass is 242 g/mol. The molecule has 0 radical (unpaired) electrons. The Morgan fingerprint density at radius 2 is 2.28 bits per heavy atom. The molecule has 1 unspecified atom stereocenters. The molecule has 1 aromatic carbocycles. The minimum Gasteiger partial charge on any atom is -0.472 e. The third-order valence-electron chi connectivity index (χ3n) is 3.33. The van der Waals surface area contributed by atoms with Gasteiger partial charge in [0, 0.05) is 5.69 Å². The van der Waals surface area contributed by atoms with E-state index < -0.39 is 0 Å². The number of carbonyl (C=O) groups excluding carboxylic acids is 1. The molecule has 1 atom stereocenters. The third kappa shape index (κ3) is 1.86. The van der Waals surface area contributed by atoms with Crippen LogP contribution in [0.5, 0.6) is 0 Å². The molecule has 0 bridgehead atoms. The van der Waals surface area contributed by atoms with Gasteiger partial charge < -0.3 is 15.5 Å². The number of anilines is 1. The van der Waals surface area contributed by atoms with Gasteiger partial charge in [0.05, 0.1) is 17.9 Å². The normalized spacial score (nSPS) is 17.4. The number of carbonyl (C=O) groups is 1. The number of nitrogen functional groups attached to an aromatic ring is 1. The summed E-state index contributed by atoms with van der Waals surface area (Å²) in [6.45, 7) is 0. The number of amides is 1. The highest BCUT2D eigenvalue weighted by atomic mass is 16.3. The van der Waals surface area contributed by atoms with Crippen LogP contribution in [0.25, 0.3) is 0 Å². The number of nitrogens with one attached hydrogen (secondary N) is 1. The van der Waals surface area contributed by atoms with Crippen LogP contribution in [0.4, 0.5) is 5.69 Å². The Balaban J connectivity index is 1.79. The maximum atomic E-state index is 11.9. The van der Waals surface area contributed by atoms with E-state index in [0.717, 1.165) is 18.5 Å². The van der Waals surface area contributed by atoms with Crippen LogP contribution >= 0.6 is 0 Å². The Bertz CT molecular complexity index is 575. The van der Waals surface area contributed by atoms with Crippen molar-refractivity contribution in [1.82, 2.24) is 5.32 Å². The molecule has 3 rings (SSSR count). The molecule has 0 aliphatic heterocycles. The summed E-state index contributed by atoms with van der Waals surface area (Å²) in [5, 5.41) is 3.02. The zero-order chi connectivity index (χ0) is 12.5. The number of nitrogens with two attached hydrogens (primary N) is 1. The lowest BCUT2D eigenvalue weighted by atomic mass is 10.1. The molecule has 1 heterocycles. The lowest BCUT2D eigenvalue weighted by Crippen LogP contribution is -2.26. The molecule has 3 N–H and O–H groups in total. The SMILES string of the molecule is Nc1ccc2c(c1)CCC2NC(=O)c1ccoc1. The molecule has 0 fully saturated rings. The van der Waals surface area contributed by atoms with Gasteiger partial charge >= 0.3 is 0 Å². The maximum Gasteiger partial charge on any atom is 0.255 e. The first kappa shape index (κ1) is 10.9. The van der Waals surface area contributed by atoms with Gasteiger partial charge in [-0.2, -0.15) is 0 Å². The molecule has 1 aromatic heterocycles. The smallest absolute Gasteiger partial charge is 0.255 e. The standard InChI is InChI=1S/C14H14N2O2/c15-11-2-3-12-9(7-11)1-4-13(12)16-14(17)10-5-6-18-8-10/h2-3,5-8,13H,1,4,15H2,(H,16,17). The number of hydrogen-bond donors (Lipinski definition) is 2. The summed E-state index contributed by atoms with van der Waals surface area (Å²) in [7, 11) is 0. The molecule has 18 heavy (non-hydrogen) atoms. The molecule has 1 aliphatic rings. The van der Waals surface area contributed by atoms with Crippen molar-refractivity contribution in [2.45, 2.75) is 18.9 Å². The fourth-order valence-corrected chi connectivity index (χ4v) is 2.42. The molecule has 1 aliphatic carbocycles. The number of aryl methyl sites for hydroxylation is 1. The van der Waals surface area contributed by atoms with Crippen molar-refractivity contribution in [2.24, 2.45) is 0 Å². The second-order valence-electron chi connectivity index (χ2n) is 4.53. The number of furan rings is 1. The Morgan fingerprint density at radius 3 is 3.06 bits per heavy atom. The van der Waals surface area contributed by atoms with E-state index in [-0.39, 0.29) is 11.9 Å². The molecule has 1 amide bonds. The fourth-order valence-electron chi connectivity index (χ4n) is 2.42. The summed E-state index contributed by atoms with van der Waals surface area (Å²) in [6, 6.07) is 7.59. The Labute approximate surface area is 105 Å². The van der Waals surface area contributed by atoms with Crippen molar-refractivity contribution in [3.63, 3.8) is 0 Å². The van der Waals surface area contributed by atoms with Gasteiger partial charge in [0.1, 0.15) is 6.26 Å². The van der Waals surface area contributed by atoms with Crippen molar-refractivity contribution in [1.29, 1.82) is 0 Å². The highest BCUT2D eigenvalue weighted by Gasteiger charge is 2.24. The van der Waals surface area contributed by atoms with E-state index >= 15 is 0 Å². The topological polar surface area (TPSA) is 68.3 Å². The Hall–Kier alpha value is -2.23. The molecular weight excluding hydrogens is 228 g/mol. The average molecular weight is 242 g/mol. The van der Waals surface area contributed by atoms with E-state index in [2.05, 4.69) is 5.32 Å². The van der Waals surface area contributed by atoms with E-state index in [9.17, 15) is 4.79 Å². The van der Waals surface area contributed by atoms with Crippen molar-refractivity contribution >= 4 is 11.6 Å². The quantitative estimate of drug-likeness (QED) is 0.794. The minimum absolute atomic E-state index is 0.0722. The zero-order valence-electron chi connectivity index (χ0n) is 9.85. The van der Waals surface area contributed by atoms with Crippen LogP contribution in [0.3, 0.4) is 0 Å². The molecule has 2 aromatic rings. The molecule has 4 heteroatoms. The van der Waals surface area contributed by atoms with Crippen LogP contribution < -0.4 is 11.1 Å². The lowest BCUT2D eigenvalue weighted by molar-refractivity contribution is 0.0936. The van der Waals surface area contributed by atoms with Gasteiger partial charge in [0.15, 0.2) is 0 Å². The predicted molar refractivity (Wildman–Crippen MR) is 68.1 cm³/mol. The molecule has 0 spiro atoms. The van der Waals surface area contributed by atoms with Crippen molar-refractivity contribution < 1.29 is 9.21 Å². The van der Waals surface area contributed by atoms with Gasteiger partial charge in [0.25, 0.3) is 5.91 Å². The van der Waals surface area contributed by atoms with Crippen LogP contribution in [0, 0.1) is 0 Å². The third-order valence-corrected chi connectivity index (χ3v) is 3.33. The minimum atomic E-state index is -0.0987. The second kappa shape index (κ2) is 4.22. The van der Waals surface area contributed by atoms with E-state index in [0.29, 0.717) is 5.56 Å². The van der Waals surface area contributed by atoms with Crippen molar-refractivity contribution in [3.8, 4) is 0 Å². The number of benzene rings is 1. The van der Waals surface area contributed by atoms with Gasteiger partial charge in [0.2, 0.25) is 0 Å². The van der Waals surface area contributed by atoms with Crippen LogP contribution in [0.1, 0.15) is 33.9 Å². The lowest BCUT2D eigenvalue weighted by Gasteiger charge is -2.13. The highest BCUT2D eigenvalue weighted by molar-refractivity contribution is 5.94. The molecule has 0 saturated heterocycles. The highest BCUT2D eigenvalue weighted by Crippen LogP contribution is 2.32. The van der Waals surface area contributed by atoms with Gasteiger partial charge in [-0.3, -0.25) is 4.79 Å². The van der Waals surface area contributed by atoms with Crippen molar-refractivity contribution in [3.05, 3.63) is 53.5 Å². The summed E-state index contributed by atoms with van der Waals surface area (Å²) in [5.41, 5.74) is 9.48. The molecule has 4 nitrogen and oxygen atoms in total. The second-order valence-corrected chi connectivity index (χ2v) is 4.53. The van der Waals surface area contributed by atoms with E-state index in [1.165, 1.54) is 23.7 Å². The number of hydrogen-bond acceptors (Lipinski definition) is 3. The first-order chi connectivity index (χ1) is 8.74. The van der Waals surface area contributed by atoms with E-state index in [4.69, 9.17) is 10.2 Å². The van der Waals surface area contributed by atoms with Gasteiger partial charge in [-0.1, -0.05) is 6.07 Å². The maximum absolute atomic E-state index is 11.9. The summed E-state index contributed by atoms with van der Waals surface area (Å²) in [6.07, 6.45) is 4.82. The Kier molecular flexibility index (Phi) is 2.55. The first-order valence-corrected chi connectivity index (χ1v) is 5.95. The number of rotatable bonds is 2. The number of fused-ring (bicyclic) bond motifs is 1. The van der Waals surface area contributed by atoms with E-state index in [1.54, 1.807) is 6.07 Å². The summed E-state index contributed by atoms with van der Waals surface area (Å²) >= 11 is 0. The summed E-state index contributed by atoms with van der Waals surface area (Å²) < 4.78 is 4.91. The van der Waals surface area contributed by atoms with Crippen molar-refractivity contribution in [2.75, 3.05) is 5.73 Å². The fraction of sp³-hybridized carbons (Fsp3) is 0.214. The van der Waals surface area contributed by atoms with Gasteiger partial charge in [-0.25, -0.2) is 0 Å². The largest absolute Gasteiger partial charge is 0.472 e. The zero-order valence-corrected chi connectivity index (χ0v) is 9.85. The Morgan fingerprint density at radius 1 is 1.39 bits per heavy atom. The van der Waals surface area contributed by atoms with Crippen LogP contribution in [-0.2, 0) is 6.42 Å². The predicted octanol–water partition coefficient (Wildman–Crippen LogP) is 2.28. The summed E-state index contributed by atoms with van der Waals surface area (Å²) in [5.74, 6) is -0.0987. The summed E-state index contributed by atoms with van der Waals surface area (Å²) in [4.78, 5) is 11.9.